The van der Waals surface area contributed by atoms with Gasteiger partial charge in [-0.15, -0.1) is 0 Å². The number of carbonyl (C=O) groups is 1. The topological polar surface area (TPSA) is 38.3 Å². The van der Waals surface area contributed by atoms with Crippen molar-refractivity contribution in [2.45, 2.75) is 38.5 Å². The molecule has 2 rings (SSSR count). The molecule has 0 atom stereocenters. The molecule has 0 saturated heterocycles. The summed E-state index contributed by atoms with van der Waals surface area (Å²) in [5, 5.41) is 2.99. The molecule has 1 N–H and O–H groups in total. The molecule has 1 aromatic rings. The molecule has 110 valence electrons. The van der Waals surface area contributed by atoms with Crippen molar-refractivity contribution in [2.75, 3.05) is 13.7 Å². The number of hydrogen-bond donors (Lipinski definition) is 1. The predicted molar refractivity (Wildman–Crippen MR) is 84.2 cm³/mol. The average molecular weight is 340 g/mol. The molecule has 1 aliphatic rings. The molecule has 3 nitrogen and oxygen atoms in total. The fourth-order valence-electron chi connectivity index (χ4n) is 2.79. The first kappa shape index (κ1) is 15.4. The summed E-state index contributed by atoms with van der Waals surface area (Å²) >= 11 is 3.41. The third kappa shape index (κ3) is 4.23. The Hall–Kier alpha value is -1.03. The van der Waals surface area contributed by atoms with Crippen LogP contribution >= 0.6 is 15.9 Å². The lowest BCUT2D eigenvalue weighted by atomic mass is 10.0. The number of amides is 1. The van der Waals surface area contributed by atoms with Gasteiger partial charge in [-0.3, -0.25) is 4.79 Å². The highest BCUT2D eigenvalue weighted by molar-refractivity contribution is 9.10. The van der Waals surface area contributed by atoms with E-state index in [1.165, 1.54) is 32.1 Å². The summed E-state index contributed by atoms with van der Waals surface area (Å²) in [4.78, 5) is 12.1. The van der Waals surface area contributed by atoms with Crippen molar-refractivity contribution in [3.63, 3.8) is 0 Å². The van der Waals surface area contributed by atoms with Gasteiger partial charge in [-0.05, 0) is 52.9 Å². The summed E-state index contributed by atoms with van der Waals surface area (Å²) in [6, 6.07) is 5.43. The van der Waals surface area contributed by atoms with E-state index in [0.29, 0.717) is 11.3 Å². The van der Waals surface area contributed by atoms with Gasteiger partial charge in [-0.1, -0.05) is 25.7 Å². The van der Waals surface area contributed by atoms with Crippen molar-refractivity contribution in [1.82, 2.24) is 5.32 Å². The van der Waals surface area contributed by atoms with Gasteiger partial charge in [0.1, 0.15) is 5.75 Å². The fourth-order valence-corrected chi connectivity index (χ4v) is 3.22. The quantitative estimate of drug-likeness (QED) is 0.790. The molecule has 1 aliphatic carbocycles. The van der Waals surface area contributed by atoms with Crippen LogP contribution in [0.15, 0.2) is 22.7 Å². The molecule has 0 spiro atoms. The minimum atomic E-state index is -0.0396. The number of methoxy groups -OCH3 is 1. The molecule has 1 fully saturated rings. The minimum Gasteiger partial charge on any atom is -0.497 e. The Morgan fingerprint density at radius 3 is 2.85 bits per heavy atom. The molecule has 0 bridgehead atoms. The van der Waals surface area contributed by atoms with Crippen molar-refractivity contribution in [3.05, 3.63) is 28.2 Å². The van der Waals surface area contributed by atoms with Gasteiger partial charge in [-0.25, -0.2) is 0 Å². The Morgan fingerprint density at radius 1 is 1.40 bits per heavy atom. The van der Waals surface area contributed by atoms with Crippen LogP contribution in [0.3, 0.4) is 0 Å². The van der Waals surface area contributed by atoms with E-state index in [1.54, 1.807) is 13.2 Å². The highest BCUT2D eigenvalue weighted by Crippen LogP contribution is 2.28. The Morgan fingerprint density at radius 2 is 2.15 bits per heavy atom. The van der Waals surface area contributed by atoms with Gasteiger partial charge in [0, 0.05) is 11.0 Å². The zero-order valence-corrected chi connectivity index (χ0v) is 13.5. The normalized spacial score (nSPS) is 15.3. The van der Waals surface area contributed by atoms with Gasteiger partial charge in [-0.2, -0.15) is 0 Å². The number of halogens is 1. The second-order valence-corrected chi connectivity index (χ2v) is 6.25. The molecule has 1 saturated carbocycles. The molecule has 0 heterocycles. The van der Waals surface area contributed by atoms with E-state index >= 15 is 0 Å². The summed E-state index contributed by atoms with van der Waals surface area (Å²) < 4.78 is 5.95. The van der Waals surface area contributed by atoms with Gasteiger partial charge in [0.25, 0.3) is 5.91 Å². The van der Waals surface area contributed by atoms with Gasteiger partial charge in [0.05, 0.1) is 12.7 Å². The smallest absolute Gasteiger partial charge is 0.252 e. The van der Waals surface area contributed by atoms with Gasteiger partial charge < -0.3 is 10.1 Å². The Labute approximate surface area is 129 Å². The van der Waals surface area contributed by atoms with E-state index in [4.69, 9.17) is 4.74 Å². The first-order valence-corrected chi connectivity index (χ1v) is 8.11. The Balaban J connectivity index is 1.79. The molecular weight excluding hydrogens is 318 g/mol. The predicted octanol–water partition coefficient (Wildman–Crippen LogP) is 4.16. The molecule has 20 heavy (non-hydrogen) atoms. The van der Waals surface area contributed by atoms with Crippen LogP contribution in [0, 0.1) is 5.92 Å². The highest BCUT2D eigenvalue weighted by atomic mass is 79.9. The standard InChI is InChI=1S/C16H22BrNO2/c1-20-13-8-9-15(17)14(11-13)16(19)18-10-4-7-12-5-2-3-6-12/h8-9,11-12H,2-7,10H2,1H3,(H,18,19). The summed E-state index contributed by atoms with van der Waals surface area (Å²) in [7, 11) is 1.60. The molecule has 1 aromatic carbocycles. The Kier molecular flexibility index (Phi) is 5.89. The third-order valence-electron chi connectivity index (χ3n) is 3.97. The number of ether oxygens (including phenoxy) is 1. The largest absolute Gasteiger partial charge is 0.497 e. The van der Waals surface area contributed by atoms with E-state index in [9.17, 15) is 4.79 Å². The van der Waals surface area contributed by atoms with Crippen molar-refractivity contribution in [2.24, 2.45) is 5.92 Å². The van der Waals surface area contributed by atoms with Crippen LogP contribution in [0.2, 0.25) is 0 Å². The van der Waals surface area contributed by atoms with Gasteiger partial charge in [0.15, 0.2) is 0 Å². The number of nitrogens with one attached hydrogen (secondary N) is 1. The van der Waals surface area contributed by atoms with Crippen LogP contribution in [0.5, 0.6) is 5.75 Å². The van der Waals surface area contributed by atoms with Crippen LogP contribution in [-0.4, -0.2) is 19.6 Å². The maximum atomic E-state index is 12.1. The maximum Gasteiger partial charge on any atom is 0.252 e. The molecule has 0 aliphatic heterocycles. The van der Waals surface area contributed by atoms with Crippen molar-refractivity contribution in [1.29, 1.82) is 0 Å². The zero-order valence-electron chi connectivity index (χ0n) is 12.0. The molecule has 0 radical (unpaired) electrons. The molecule has 0 unspecified atom stereocenters. The summed E-state index contributed by atoms with van der Waals surface area (Å²) in [6.07, 6.45) is 7.81. The van der Waals surface area contributed by atoms with Crippen molar-refractivity contribution in [3.8, 4) is 5.75 Å². The van der Waals surface area contributed by atoms with Gasteiger partial charge in [0.2, 0.25) is 0 Å². The van der Waals surface area contributed by atoms with Crippen molar-refractivity contribution >= 4 is 21.8 Å². The van der Waals surface area contributed by atoms with Crippen molar-refractivity contribution < 1.29 is 9.53 Å². The lowest BCUT2D eigenvalue weighted by Crippen LogP contribution is -2.25. The average Bonchev–Trinajstić information content (AvgIpc) is 2.97. The van der Waals surface area contributed by atoms with Gasteiger partial charge >= 0.3 is 0 Å². The number of rotatable bonds is 6. The summed E-state index contributed by atoms with van der Waals surface area (Å²) in [5.41, 5.74) is 0.630. The van der Waals surface area contributed by atoms with E-state index in [2.05, 4.69) is 21.2 Å². The van der Waals surface area contributed by atoms with Crippen LogP contribution < -0.4 is 10.1 Å². The Bertz CT molecular complexity index is 456. The molecule has 1 amide bonds. The number of carbonyl (C=O) groups excluding carboxylic acids is 1. The van der Waals surface area contributed by atoms with Crippen LogP contribution in [-0.2, 0) is 0 Å². The zero-order chi connectivity index (χ0) is 14.4. The second kappa shape index (κ2) is 7.67. The van der Waals surface area contributed by atoms with E-state index in [-0.39, 0.29) is 5.91 Å². The summed E-state index contributed by atoms with van der Waals surface area (Å²) in [6.45, 7) is 0.749. The number of benzene rings is 1. The van der Waals surface area contributed by atoms with Crippen LogP contribution in [0.4, 0.5) is 0 Å². The van der Waals surface area contributed by atoms with E-state index < -0.39 is 0 Å². The first-order valence-electron chi connectivity index (χ1n) is 7.32. The summed E-state index contributed by atoms with van der Waals surface area (Å²) in [5.74, 6) is 1.54. The number of hydrogen-bond acceptors (Lipinski definition) is 2. The lowest BCUT2D eigenvalue weighted by Gasteiger charge is -2.10. The molecular formula is C16H22BrNO2. The fraction of sp³-hybridized carbons (Fsp3) is 0.562. The van der Waals surface area contributed by atoms with Crippen LogP contribution in [0.1, 0.15) is 48.9 Å². The first-order chi connectivity index (χ1) is 9.70. The minimum absolute atomic E-state index is 0.0396. The highest BCUT2D eigenvalue weighted by Gasteiger charge is 2.15. The van der Waals surface area contributed by atoms with E-state index in [0.717, 1.165) is 23.4 Å². The second-order valence-electron chi connectivity index (χ2n) is 5.39. The molecule has 0 aromatic heterocycles. The molecule has 4 heteroatoms. The monoisotopic (exact) mass is 339 g/mol. The maximum absolute atomic E-state index is 12.1. The van der Waals surface area contributed by atoms with Crippen LogP contribution in [0.25, 0.3) is 0 Å². The lowest BCUT2D eigenvalue weighted by molar-refractivity contribution is 0.0951. The SMILES string of the molecule is COc1ccc(Br)c(C(=O)NCCCC2CCCC2)c1. The van der Waals surface area contributed by atoms with E-state index in [1.807, 2.05) is 12.1 Å². The third-order valence-corrected chi connectivity index (χ3v) is 4.66.